The van der Waals surface area contributed by atoms with Crippen LogP contribution in [0.1, 0.15) is 17.7 Å². The second kappa shape index (κ2) is 7.66. The van der Waals surface area contributed by atoms with E-state index in [1.807, 2.05) is 6.07 Å². The lowest BCUT2D eigenvalue weighted by molar-refractivity contribution is 0.626. The average molecular weight is 387 g/mol. The number of fused-ring (bicyclic) bond motifs is 1. The molecule has 3 aromatic rings. The van der Waals surface area contributed by atoms with Crippen molar-refractivity contribution in [1.82, 2.24) is 19.9 Å². The molecule has 5 rings (SSSR count). The highest BCUT2D eigenvalue weighted by Crippen LogP contribution is 2.33. The molecule has 0 N–H and O–H groups in total. The van der Waals surface area contributed by atoms with Crippen molar-refractivity contribution in [1.29, 1.82) is 0 Å². The van der Waals surface area contributed by atoms with Crippen LogP contribution in [0.25, 0.3) is 0 Å². The number of anilines is 4. The van der Waals surface area contributed by atoms with Gasteiger partial charge in [0.1, 0.15) is 5.82 Å². The Kier molecular flexibility index (Phi) is 4.71. The summed E-state index contributed by atoms with van der Waals surface area (Å²) < 4.78 is 0. The molecular weight excluding hydrogens is 362 g/mol. The predicted octanol–water partition coefficient (Wildman–Crippen LogP) is 2.99. The van der Waals surface area contributed by atoms with Crippen LogP contribution in [0.5, 0.6) is 0 Å². The highest BCUT2D eigenvalue weighted by atomic mass is 15.4. The highest BCUT2D eigenvalue weighted by Gasteiger charge is 2.24. The molecule has 4 heterocycles. The summed E-state index contributed by atoms with van der Waals surface area (Å²) >= 11 is 0. The first kappa shape index (κ1) is 17.8. The largest absolute Gasteiger partial charge is 0.337 e. The molecule has 0 spiro atoms. The zero-order valence-corrected chi connectivity index (χ0v) is 16.7. The minimum atomic E-state index is 0.794. The molecule has 0 radical (unpaired) electrons. The minimum absolute atomic E-state index is 0.794. The second-order valence-electron chi connectivity index (χ2n) is 7.57. The molecule has 7 heteroatoms. The van der Waals surface area contributed by atoms with Crippen molar-refractivity contribution in [2.24, 2.45) is 0 Å². The van der Waals surface area contributed by atoms with Crippen molar-refractivity contribution in [2.75, 3.05) is 47.4 Å². The van der Waals surface area contributed by atoms with Crippen molar-refractivity contribution in [3.8, 4) is 0 Å². The molecule has 0 atom stereocenters. The SMILES string of the molecule is Cc1cc(N2CCCc3ccccc32)nc(N2CCN(c3ncccn3)CC2)n1. The Balaban J connectivity index is 1.37. The maximum absolute atomic E-state index is 4.97. The third kappa shape index (κ3) is 3.60. The monoisotopic (exact) mass is 387 g/mol. The van der Waals surface area contributed by atoms with Gasteiger partial charge in [0.05, 0.1) is 0 Å². The van der Waals surface area contributed by atoms with Gasteiger partial charge in [-0.1, -0.05) is 18.2 Å². The Morgan fingerprint density at radius 3 is 2.31 bits per heavy atom. The Bertz CT molecular complexity index is 983. The van der Waals surface area contributed by atoms with Gasteiger partial charge in [0.15, 0.2) is 0 Å². The van der Waals surface area contributed by atoms with Gasteiger partial charge in [-0.05, 0) is 37.5 Å². The molecule has 148 valence electrons. The number of para-hydroxylation sites is 1. The van der Waals surface area contributed by atoms with Crippen LogP contribution >= 0.6 is 0 Å². The molecule has 1 aromatic carbocycles. The fourth-order valence-electron chi connectivity index (χ4n) is 4.15. The van der Waals surface area contributed by atoms with Crippen molar-refractivity contribution >= 4 is 23.4 Å². The van der Waals surface area contributed by atoms with Gasteiger partial charge >= 0.3 is 0 Å². The van der Waals surface area contributed by atoms with E-state index in [1.54, 1.807) is 12.4 Å². The molecule has 0 saturated carbocycles. The normalized spacial score (nSPS) is 16.7. The van der Waals surface area contributed by atoms with Crippen LogP contribution < -0.4 is 14.7 Å². The van der Waals surface area contributed by atoms with Gasteiger partial charge in [-0.2, -0.15) is 4.98 Å². The van der Waals surface area contributed by atoms with Crippen LogP contribution in [0.2, 0.25) is 0 Å². The number of hydrogen-bond acceptors (Lipinski definition) is 7. The molecule has 1 saturated heterocycles. The highest BCUT2D eigenvalue weighted by molar-refractivity contribution is 5.66. The summed E-state index contributed by atoms with van der Waals surface area (Å²) in [6.07, 6.45) is 5.86. The van der Waals surface area contributed by atoms with E-state index < -0.39 is 0 Å². The van der Waals surface area contributed by atoms with Crippen LogP contribution in [0.3, 0.4) is 0 Å². The van der Waals surface area contributed by atoms with E-state index >= 15 is 0 Å². The number of aromatic nitrogens is 4. The lowest BCUT2D eigenvalue weighted by Gasteiger charge is -2.35. The molecule has 0 bridgehead atoms. The van der Waals surface area contributed by atoms with E-state index in [0.29, 0.717) is 0 Å². The van der Waals surface area contributed by atoms with Crippen molar-refractivity contribution in [3.63, 3.8) is 0 Å². The Hall–Kier alpha value is -3.22. The maximum atomic E-state index is 4.97. The Morgan fingerprint density at radius 2 is 1.52 bits per heavy atom. The van der Waals surface area contributed by atoms with Gasteiger partial charge in [-0.3, -0.25) is 0 Å². The van der Waals surface area contributed by atoms with E-state index in [-0.39, 0.29) is 0 Å². The van der Waals surface area contributed by atoms with Crippen LogP contribution in [-0.4, -0.2) is 52.7 Å². The molecular formula is C22H25N7. The van der Waals surface area contributed by atoms with Crippen LogP contribution in [0.15, 0.2) is 48.8 Å². The molecule has 1 fully saturated rings. The fraction of sp³-hybridized carbons (Fsp3) is 0.364. The maximum Gasteiger partial charge on any atom is 0.227 e. The number of hydrogen-bond donors (Lipinski definition) is 0. The summed E-state index contributed by atoms with van der Waals surface area (Å²) in [5, 5.41) is 0. The molecule has 0 unspecified atom stereocenters. The summed E-state index contributed by atoms with van der Waals surface area (Å²) in [7, 11) is 0. The van der Waals surface area contributed by atoms with Crippen molar-refractivity contribution in [3.05, 3.63) is 60.0 Å². The van der Waals surface area contributed by atoms with Crippen LogP contribution in [0, 0.1) is 6.92 Å². The first-order chi connectivity index (χ1) is 14.3. The quantitative estimate of drug-likeness (QED) is 0.685. The number of benzene rings is 1. The van der Waals surface area contributed by atoms with Gasteiger partial charge in [0.2, 0.25) is 11.9 Å². The van der Waals surface area contributed by atoms with E-state index in [2.05, 4.69) is 61.9 Å². The molecule has 0 aliphatic carbocycles. The molecule has 2 aliphatic rings. The summed E-state index contributed by atoms with van der Waals surface area (Å²) in [6.45, 7) is 6.49. The standard InChI is InChI=1S/C22H25N7/c1-17-16-20(29-11-4-7-18-6-2-3-8-19(18)29)26-22(25-17)28-14-12-27(13-15-28)21-23-9-5-10-24-21/h2-3,5-6,8-10,16H,4,7,11-15H2,1H3. The first-order valence-corrected chi connectivity index (χ1v) is 10.3. The molecule has 7 nitrogen and oxygen atoms in total. The number of rotatable bonds is 3. The average Bonchev–Trinajstić information content (AvgIpc) is 2.79. The van der Waals surface area contributed by atoms with Gasteiger partial charge in [-0.25, -0.2) is 15.0 Å². The van der Waals surface area contributed by atoms with Crippen molar-refractivity contribution in [2.45, 2.75) is 19.8 Å². The van der Waals surface area contributed by atoms with E-state index in [0.717, 1.165) is 69.0 Å². The molecule has 2 aromatic heterocycles. The number of piperazine rings is 1. The first-order valence-electron chi connectivity index (χ1n) is 10.3. The summed E-state index contributed by atoms with van der Waals surface area (Å²) in [5.74, 6) is 2.60. The molecule has 2 aliphatic heterocycles. The second-order valence-corrected chi connectivity index (χ2v) is 7.57. The molecule has 0 amide bonds. The zero-order chi connectivity index (χ0) is 19.6. The molecule has 29 heavy (non-hydrogen) atoms. The predicted molar refractivity (Wildman–Crippen MR) is 115 cm³/mol. The summed E-state index contributed by atoms with van der Waals surface area (Å²) in [5.41, 5.74) is 3.67. The van der Waals surface area contributed by atoms with Crippen LogP contribution in [-0.2, 0) is 6.42 Å². The van der Waals surface area contributed by atoms with E-state index in [1.165, 1.54) is 11.3 Å². The van der Waals surface area contributed by atoms with Gasteiger partial charge in [0.25, 0.3) is 0 Å². The van der Waals surface area contributed by atoms with Gasteiger partial charge in [0, 0.05) is 62.6 Å². The van der Waals surface area contributed by atoms with E-state index in [4.69, 9.17) is 9.97 Å². The Morgan fingerprint density at radius 1 is 0.793 bits per heavy atom. The lowest BCUT2D eigenvalue weighted by Crippen LogP contribution is -2.47. The smallest absolute Gasteiger partial charge is 0.227 e. The summed E-state index contributed by atoms with van der Waals surface area (Å²) in [6, 6.07) is 12.6. The van der Waals surface area contributed by atoms with Crippen molar-refractivity contribution < 1.29 is 0 Å². The van der Waals surface area contributed by atoms with E-state index in [9.17, 15) is 0 Å². The number of aryl methyl sites for hydroxylation is 2. The third-order valence-electron chi connectivity index (χ3n) is 5.61. The van der Waals surface area contributed by atoms with Gasteiger partial charge < -0.3 is 14.7 Å². The number of nitrogens with zero attached hydrogens (tertiary/aromatic N) is 7. The van der Waals surface area contributed by atoms with Gasteiger partial charge in [-0.15, -0.1) is 0 Å². The topological polar surface area (TPSA) is 61.3 Å². The zero-order valence-electron chi connectivity index (χ0n) is 16.7. The fourth-order valence-corrected chi connectivity index (χ4v) is 4.15. The summed E-state index contributed by atoms with van der Waals surface area (Å²) in [4.78, 5) is 25.3. The minimum Gasteiger partial charge on any atom is -0.337 e. The third-order valence-corrected chi connectivity index (χ3v) is 5.61. The lowest BCUT2D eigenvalue weighted by atomic mass is 10.0. The Labute approximate surface area is 171 Å². The van der Waals surface area contributed by atoms with Crippen LogP contribution in [0.4, 0.5) is 23.4 Å².